The zero-order valence-corrected chi connectivity index (χ0v) is 16.7. The molecule has 2 unspecified atom stereocenters. The van der Waals surface area contributed by atoms with E-state index in [0.29, 0.717) is 25.6 Å². The first-order valence-corrected chi connectivity index (χ1v) is 10.2. The fraction of sp³-hybridized carbons (Fsp3) is 0.636. The molecule has 0 aromatic heterocycles. The number of ether oxygens (including phenoxy) is 1. The molecule has 2 aliphatic rings. The van der Waals surface area contributed by atoms with Crippen LogP contribution in [0.2, 0.25) is 0 Å². The molecule has 5 nitrogen and oxygen atoms in total. The van der Waals surface area contributed by atoms with Gasteiger partial charge in [-0.3, -0.25) is 9.59 Å². The highest BCUT2D eigenvalue weighted by atomic mass is 16.5. The molecule has 5 heteroatoms. The Hall–Kier alpha value is -2.04. The zero-order valence-electron chi connectivity index (χ0n) is 16.7. The highest BCUT2D eigenvalue weighted by Gasteiger charge is 2.42. The maximum absolute atomic E-state index is 12.9. The SMILES string of the molecule is COc1ccc(C2CN(C(=O)C3CCCC3)CC2C(=O)NCC(C)C)cc1. The third-order valence-electron chi connectivity index (χ3n) is 5.90. The Balaban J connectivity index is 1.77. The zero-order chi connectivity index (χ0) is 19.4. The molecule has 1 N–H and O–H groups in total. The minimum atomic E-state index is -0.192. The lowest BCUT2D eigenvalue weighted by molar-refractivity contribution is -0.134. The number of nitrogens with one attached hydrogen (secondary N) is 1. The van der Waals surface area contributed by atoms with Crippen molar-refractivity contribution in [2.24, 2.45) is 17.8 Å². The summed E-state index contributed by atoms with van der Waals surface area (Å²) >= 11 is 0. The molecule has 1 saturated carbocycles. The maximum Gasteiger partial charge on any atom is 0.225 e. The first-order chi connectivity index (χ1) is 13.0. The van der Waals surface area contributed by atoms with Crippen molar-refractivity contribution in [3.05, 3.63) is 29.8 Å². The Morgan fingerprint density at radius 1 is 1.15 bits per heavy atom. The predicted octanol–water partition coefficient (Wildman–Crippen LogP) is 3.20. The number of rotatable bonds is 6. The van der Waals surface area contributed by atoms with Crippen molar-refractivity contribution in [2.45, 2.75) is 45.4 Å². The number of amides is 2. The lowest BCUT2D eigenvalue weighted by Crippen LogP contribution is -2.38. The van der Waals surface area contributed by atoms with Crippen molar-refractivity contribution in [3.63, 3.8) is 0 Å². The predicted molar refractivity (Wildman–Crippen MR) is 106 cm³/mol. The van der Waals surface area contributed by atoms with Crippen LogP contribution in [0.4, 0.5) is 0 Å². The van der Waals surface area contributed by atoms with Gasteiger partial charge >= 0.3 is 0 Å². The van der Waals surface area contributed by atoms with Gasteiger partial charge in [0.1, 0.15) is 5.75 Å². The summed E-state index contributed by atoms with van der Waals surface area (Å²) in [5, 5.41) is 3.07. The van der Waals surface area contributed by atoms with E-state index in [2.05, 4.69) is 19.2 Å². The Morgan fingerprint density at radius 3 is 2.41 bits per heavy atom. The third kappa shape index (κ3) is 4.63. The fourth-order valence-corrected chi connectivity index (χ4v) is 4.31. The summed E-state index contributed by atoms with van der Waals surface area (Å²) in [4.78, 5) is 27.7. The minimum Gasteiger partial charge on any atom is -0.497 e. The smallest absolute Gasteiger partial charge is 0.225 e. The molecule has 0 radical (unpaired) electrons. The average Bonchev–Trinajstić information content (AvgIpc) is 3.35. The van der Waals surface area contributed by atoms with Gasteiger partial charge in [0.2, 0.25) is 11.8 Å². The Morgan fingerprint density at radius 2 is 1.81 bits per heavy atom. The van der Waals surface area contributed by atoms with E-state index in [4.69, 9.17) is 4.74 Å². The molecular formula is C22H32N2O3. The van der Waals surface area contributed by atoms with Gasteiger partial charge < -0.3 is 15.0 Å². The number of hydrogen-bond donors (Lipinski definition) is 1. The van der Waals surface area contributed by atoms with E-state index in [-0.39, 0.29) is 29.6 Å². The van der Waals surface area contributed by atoms with Crippen molar-refractivity contribution in [3.8, 4) is 5.75 Å². The highest BCUT2D eigenvalue weighted by molar-refractivity contribution is 5.84. The lowest BCUT2D eigenvalue weighted by Gasteiger charge is -2.20. The van der Waals surface area contributed by atoms with Crippen molar-refractivity contribution in [1.82, 2.24) is 10.2 Å². The standard InChI is InChI=1S/C22H32N2O3/c1-15(2)12-23-21(25)20-14-24(22(26)17-6-4-5-7-17)13-19(20)16-8-10-18(27-3)11-9-16/h8-11,15,17,19-20H,4-7,12-14H2,1-3H3,(H,23,25). The molecule has 1 aromatic carbocycles. The van der Waals surface area contributed by atoms with Crippen LogP contribution in [0.15, 0.2) is 24.3 Å². The van der Waals surface area contributed by atoms with Crippen LogP contribution >= 0.6 is 0 Å². The quantitative estimate of drug-likeness (QED) is 0.834. The Bertz CT molecular complexity index is 650. The molecule has 2 fully saturated rings. The summed E-state index contributed by atoms with van der Waals surface area (Å²) in [5.74, 6) is 1.51. The van der Waals surface area contributed by atoms with Gasteiger partial charge in [-0.15, -0.1) is 0 Å². The number of benzene rings is 1. The molecular weight excluding hydrogens is 340 g/mol. The van der Waals surface area contributed by atoms with Crippen LogP contribution in [0.5, 0.6) is 5.75 Å². The molecule has 0 spiro atoms. The topological polar surface area (TPSA) is 58.6 Å². The number of likely N-dealkylation sites (tertiary alicyclic amines) is 1. The number of hydrogen-bond acceptors (Lipinski definition) is 3. The average molecular weight is 373 g/mol. The van der Waals surface area contributed by atoms with Gasteiger partial charge in [-0.25, -0.2) is 0 Å². The van der Waals surface area contributed by atoms with Gasteiger partial charge in [0, 0.05) is 31.5 Å². The number of carbonyl (C=O) groups is 2. The highest BCUT2D eigenvalue weighted by Crippen LogP contribution is 2.36. The molecule has 148 valence electrons. The normalized spacial score (nSPS) is 23.0. The van der Waals surface area contributed by atoms with Crippen molar-refractivity contribution in [2.75, 3.05) is 26.7 Å². The maximum atomic E-state index is 12.9. The van der Waals surface area contributed by atoms with Gasteiger partial charge in [-0.05, 0) is 36.5 Å². The van der Waals surface area contributed by atoms with Crippen molar-refractivity contribution < 1.29 is 14.3 Å². The molecule has 1 saturated heterocycles. The van der Waals surface area contributed by atoms with Gasteiger partial charge in [-0.1, -0.05) is 38.8 Å². The minimum absolute atomic E-state index is 0.0356. The van der Waals surface area contributed by atoms with Crippen LogP contribution < -0.4 is 10.1 Å². The Kier molecular flexibility index (Phi) is 6.40. The van der Waals surface area contributed by atoms with Crippen molar-refractivity contribution in [1.29, 1.82) is 0 Å². The molecule has 0 bridgehead atoms. The second-order valence-electron chi connectivity index (χ2n) is 8.35. The molecule has 27 heavy (non-hydrogen) atoms. The van der Waals surface area contributed by atoms with Crippen LogP contribution in [-0.4, -0.2) is 43.5 Å². The summed E-state index contributed by atoms with van der Waals surface area (Å²) in [6.07, 6.45) is 4.27. The fourth-order valence-electron chi connectivity index (χ4n) is 4.31. The monoisotopic (exact) mass is 372 g/mol. The third-order valence-corrected chi connectivity index (χ3v) is 5.90. The van der Waals surface area contributed by atoms with Crippen LogP contribution in [-0.2, 0) is 9.59 Å². The second-order valence-corrected chi connectivity index (χ2v) is 8.35. The van der Waals surface area contributed by atoms with E-state index in [0.717, 1.165) is 37.0 Å². The summed E-state index contributed by atoms with van der Waals surface area (Å²) in [6.45, 7) is 6.00. The summed E-state index contributed by atoms with van der Waals surface area (Å²) < 4.78 is 5.25. The van der Waals surface area contributed by atoms with Gasteiger partial charge in [0.05, 0.1) is 13.0 Å². The first kappa shape index (κ1) is 19.7. The van der Waals surface area contributed by atoms with E-state index < -0.39 is 0 Å². The van der Waals surface area contributed by atoms with Gasteiger partial charge in [0.25, 0.3) is 0 Å². The first-order valence-electron chi connectivity index (χ1n) is 10.2. The van der Waals surface area contributed by atoms with E-state index >= 15 is 0 Å². The molecule has 2 atom stereocenters. The molecule has 1 aliphatic heterocycles. The molecule has 1 heterocycles. The summed E-state index contributed by atoms with van der Waals surface area (Å²) in [6, 6.07) is 7.91. The van der Waals surface area contributed by atoms with Crippen LogP contribution in [0.25, 0.3) is 0 Å². The van der Waals surface area contributed by atoms with E-state index in [9.17, 15) is 9.59 Å². The van der Waals surface area contributed by atoms with Crippen LogP contribution in [0, 0.1) is 17.8 Å². The molecule has 2 amide bonds. The number of carbonyl (C=O) groups excluding carboxylic acids is 2. The second kappa shape index (κ2) is 8.77. The van der Waals surface area contributed by atoms with Crippen molar-refractivity contribution >= 4 is 11.8 Å². The van der Waals surface area contributed by atoms with E-state index in [1.54, 1.807) is 7.11 Å². The van der Waals surface area contributed by atoms with Gasteiger partial charge in [-0.2, -0.15) is 0 Å². The summed E-state index contributed by atoms with van der Waals surface area (Å²) in [5.41, 5.74) is 1.10. The molecule has 1 aromatic rings. The van der Waals surface area contributed by atoms with E-state index in [1.807, 2.05) is 29.2 Å². The number of nitrogens with zero attached hydrogens (tertiary/aromatic N) is 1. The molecule has 1 aliphatic carbocycles. The van der Waals surface area contributed by atoms with E-state index in [1.165, 1.54) is 0 Å². The molecule has 3 rings (SSSR count). The Labute approximate surface area is 162 Å². The summed E-state index contributed by atoms with van der Waals surface area (Å²) in [7, 11) is 1.65. The van der Waals surface area contributed by atoms with Crippen LogP contribution in [0.3, 0.4) is 0 Å². The van der Waals surface area contributed by atoms with Gasteiger partial charge in [0.15, 0.2) is 0 Å². The largest absolute Gasteiger partial charge is 0.497 e. The lowest BCUT2D eigenvalue weighted by atomic mass is 9.88. The number of methoxy groups -OCH3 is 1. The van der Waals surface area contributed by atoms with Crippen LogP contribution in [0.1, 0.15) is 51.0 Å².